The molecule has 10 heteroatoms. The fourth-order valence-electron chi connectivity index (χ4n) is 5.65. The van der Waals surface area contributed by atoms with Crippen molar-refractivity contribution in [1.29, 1.82) is 5.26 Å². The van der Waals surface area contributed by atoms with Crippen LogP contribution >= 0.6 is 0 Å². The Balaban J connectivity index is 1.33. The van der Waals surface area contributed by atoms with Gasteiger partial charge in [-0.3, -0.25) is 9.69 Å². The molecule has 5 rings (SSSR count). The van der Waals surface area contributed by atoms with E-state index in [4.69, 9.17) is 9.47 Å². The SMILES string of the molecule is CCCNc1nc(Cc2cc(F)c(C(=O)N3CCC(N4CCOCC4)CC3)cc2OC)nc2c1C(C#N)=CC2. The van der Waals surface area contributed by atoms with Gasteiger partial charge in [-0.05, 0) is 31.4 Å². The van der Waals surface area contributed by atoms with E-state index in [9.17, 15) is 10.1 Å². The van der Waals surface area contributed by atoms with Crippen molar-refractivity contribution in [1.82, 2.24) is 19.8 Å². The summed E-state index contributed by atoms with van der Waals surface area (Å²) in [6, 6.07) is 5.52. The highest BCUT2D eigenvalue weighted by molar-refractivity contribution is 5.95. The third-order valence-corrected chi connectivity index (χ3v) is 7.72. The minimum Gasteiger partial charge on any atom is -0.496 e. The molecule has 2 fully saturated rings. The number of ether oxygens (including phenoxy) is 2. The molecule has 2 aromatic rings. The number of benzene rings is 1. The van der Waals surface area contributed by atoms with Crippen LogP contribution in [0.25, 0.3) is 5.57 Å². The summed E-state index contributed by atoms with van der Waals surface area (Å²) in [5.74, 6) is 0.652. The number of nitrogens with one attached hydrogen (secondary N) is 1. The van der Waals surface area contributed by atoms with Gasteiger partial charge in [0.15, 0.2) is 0 Å². The lowest BCUT2D eigenvalue weighted by Crippen LogP contribution is -2.50. The molecule has 3 heterocycles. The molecule has 1 N–H and O–H groups in total. The normalized spacial score (nSPS) is 17.9. The van der Waals surface area contributed by atoms with Gasteiger partial charge in [0.2, 0.25) is 0 Å². The highest BCUT2D eigenvalue weighted by Gasteiger charge is 2.30. The van der Waals surface area contributed by atoms with Crippen molar-refractivity contribution in [3.63, 3.8) is 0 Å². The standard InChI is InChI=1S/C29H35FN6O3/c1-3-8-32-28-27-19(18-31)4-5-24(27)33-26(34-28)16-20-15-23(30)22(17-25(20)38-2)29(37)36-9-6-21(7-10-36)35-11-13-39-14-12-35/h4,15,17,21H,3,5-14,16H2,1-2H3,(H,32,33,34). The molecular formula is C29H35FN6O3. The number of aromatic nitrogens is 2. The maximum absolute atomic E-state index is 15.4. The number of piperidine rings is 1. The first-order valence-corrected chi connectivity index (χ1v) is 13.7. The third kappa shape index (κ3) is 5.75. The van der Waals surface area contributed by atoms with Gasteiger partial charge in [-0.25, -0.2) is 14.4 Å². The summed E-state index contributed by atoms with van der Waals surface area (Å²) in [6.07, 6.45) is 5.28. The van der Waals surface area contributed by atoms with Gasteiger partial charge in [-0.1, -0.05) is 13.0 Å². The van der Waals surface area contributed by atoms with Crippen LogP contribution in [0.3, 0.4) is 0 Å². The zero-order valence-electron chi connectivity index (χ0n) is 22.6. The molecule has 1 aromatic heterocycles. The van der Waals surface area contributed by atoms with Crippen LogP contribution < -0.4 is 10.1 Å². The second-order valence-electron chi connectivity index (χ2n) is 10.2. The number of amides is 1. The average Bonchev–Trinajstić information content (AvgIpc) is 3.39. The monoisotopic (exact) mass is 534 g/mol. The van der Waals surface area contributed by atoms with E-state index >= 15 is 4.39 Å². The van der Waals surface area contributed by atoms with E-state index in [1.165, 1.54) is 19.2 Å². The maximum atomic E-state index is 15.4. The fourth-order valence-corrected chi connectivity index (χ4v) is 5.65. The Kier molecular flexibility index (Phi) is 8.38. The average molecular weight is 535 g/mol. The van der Waals surface area contributed by atoms with Gasteiger partial charge in [0, 0.05) is 57.2 Å². The van der Waals surface area contributed by atoms with E-state index in [0.717, 1.165) is 56.8 Å². The first-order valence-electron chi connectivity index (χ1n) is 13.7. The summed E-state index contributed by atoms with van der Waals surface area (Å²) in [7, 11) is 1.51. The van der Waals surface area contributed by atoms with Crippen LogP contribution in [-0.2, 0) is 17.6 Å². The van der Waals surface area contributed by atoms with Crippen LogP contribution in [0.2, 0.25) is 0 Å². The number of anilines is 1. The minimum absolute atomic E-state index is 0.0171. The van der Waals surface area contributed by atoms with Gasteiger partial charge in [0.05, 0.1) is 48.8 Å². The molecule has 9 nitrogen and oxygen atoms in total. The number of nitrogens with zero attached hydrogens (tertiary/aromatic N) is 5. The lowest BCUT2D eigenvalue weighted by Gasteiger charge is -2.40. The largest absolute Gasteiger partial charge is 0.496 e. The Bertz CT molecular complexity index is 1290. The van der Waals surface area contributed by atoms with Crippen LogP contribution in [0.1, 0.15) is 59.2 Å². The van der Waals surface area contributed by atoms with E-state index in [1.807, 2.05) is 6.08 Å². The molecule has 2 saturated heterocycles. The van der Waals surface area contributed by atoms with Crippen LogP contribution in [0, 0.1) is 17.1 Å². The summed E-state index contributed by atoms with van der Waals surface area (Å²) >= 11 is 0. The van der Waals surface area contributed by atoms with Crippen molar-refractivity contribution < 1.29 is 18.7 Å². The van der Waals surface area contributed by atoms with Gasteiger partial charge in [-0.15, -0.1) is 0 Å². The van der Waals surface area contributed by atoms with E-state index in [0.29, 0.717) is 60.6 Å². The molecule has 3 aliphatic rings. The first kappa shape index (κ1) is 27.0. The van der Waals surface area contributed by atoms with Gasteiger partial charge in [-0.2, -0.15) is 5.26 Å². The van der Waals surface area contributed by atoms with Crippen molar-refractivity contribution in [3.8, 4) is 11.8 Å². The molecule has 0 bridgehead atoms. The van der Waals surface area contributed by atoms with E-state index in [1.54, 1.807) is 4.90 Å². The fraction of sp³-hybridized carbons (Fsp3) is 0.517. The predicted molar refractivity (Wildman–Crippen MR) is 145 cm³/mol. The highest BCUT2D eigenvalue weighted by atomic mass is 19.1. The highest BCUT2D eigenvalue weighted by Crippen LogP contribution is 2.33. The molecule has 39 heavy (non-hydrogen) atoms. The topological polar surface area (TPSA) is 104 Å². The minimum atomic E-state index is -0.579. The Morgan fingerprint density at radius 3 is 2.69 bits per heavy atom. The van der Waals surface area contributed by atoms with Crippen molar-refractivity contribution in [3.05, 3.63) is 52.2 Å². The molecule has 0 saturated carbocycles. The Morgan fingerprint density at radius 1 is 1.23 bits per heavy atom. The van der Waals surface area contributed by atoms with Gasteiger partial charge < -0.3 is 19.7 Å². The number of hydrogen-bond donors (Lipinski definition) is 1. The number of allylic oxidation sites excluding steroid dienone is 2. The number of halogens is 1. The smallest absolute Gasteiger partial charge is 0.256 e. The van der Waals surface area contributed by atoms with E-state index in [2.05, 4.69) is 33.2 Å². The number of likely N-dealkylation sites (tertiary alicyclic amines) is 1. The Morgan fingerprint density at radius 2 is 2.00 bits per heavy atom. The zero-order valence-corrected chi connectivity index (χ0v) is 22.6. The third-order valence-electron chi connectivity index (χ3n) is 7.72. The van der Waals surface area contributed by atoms with Crippen molar-refractivity contribution in [2.75, 3.05) is 58.4 Å². The van der Waals surface area contributed by atoms with Crippen molar-refractivity contribution in [2.45, 2.75) is 45.1 Å². The van der Waals surface area contributed by atoms with Crippen LogP contribution in [0.4, 0.5) is 10.2 Å². The number of morpholine rings is 1. The zero-order chi connectivity index (χ0) is 27.4. The summed E-state index contributed by atoms with van der Waals surface area (Å²) in [5.41, 5.74) is 2.66. The molecular weight excluding hydrogens is 499 g/mol. The summed E-state index contributed by atoms with van der Waals surface area (Å²) < 4.78 is 26.4. The molecule has 1 aliphatic carbocycles. The van der Waals surface area contributed by atoms with Crippen LogP contribution in [0.15, 0.2) is 18.2 Å². The number of rotatable bonds is 8. The first-order chi connectivity index (χ1) is 19.0. The lowest BCUT2D eigenvalue weighted by molar-refractivity contribution is 0.00154. The molecule has 2 aliphatic heterocycles. The predicted octanol–water partition coefficient (Wildman–Crippen LogP) is 3.44. The Hall–Kier alpha value is -3.55. The van der Waals surface area contributed by atoms with Gasteiger partial charge in [0.1, 0.15) is 23.2 Å². The molecule has 0 radical (unpaired) electrons. The lowest BCUT2D eigenvalue weighted by atomic mass is 10.0. The number of nitriles is 1. The number of fused-ring (bicyclic) bond motifs is 1. The van der Waals surface area contributed by atoms with Gasteiger partial charge in [0.25, 0.3) is 5.91 Å². The van der Waals surface area contributed by atoms with Gasteiger partial charge >= 0.3 is 0 Å². The summed E-state index contributed by atoms with van der Waals surface area (Å²) in [5, 5.41) is 12.8. The quantitative estimate of drug-likeness (QED) is 0.550. The number of hydrogen-bond acceptors (Lipinski definition) is 8. The molecule has 206 valence electrons. The Labute approximate surface area is 228 Å². The second-order valence-corrected chi connectivity index (χ2v) is 10.2. The summed E-state index contributed by atoms with van der Waals surface area (Å²) in [6.45, 7) is 7.30. The maximum Gasteiger partial charge on any atom is 0.256 e. The molecule has 0 unspecified atom stereocenters. The van der Waals surface area contributed by atoms with E-state index in [-0.39, 0.29) is 17.9 Å². The number of carbonyl (C=O) groups excluding carboxylic acids is 1. The number of carbonyl (C=O) groups is 1. The van der Waals surface area contributed by atoms with Crippen LogP contribution in [0.5, 0.6) is 5.75 Å². The number of methoxy groups -OCH3 is 1. The molecule has 1 aromatic carbocycles. The van der Waals surface area contributed by atoms with E-state index < -0.39 is 5.82 Å². The van der Waals surface area contributed by atoms with Crippen LogP contribution in [-0.4, -0.2) is 84.8 Å². The summed E-state index contributed by atoms with van der Waals surface area (Å²) in [4.78, 5) is 26.8. The molecule has 0 atom stereocenters. The molecule has 0 spiro atoms. The van der Waals surface area contributed by atoms with Crippen molar-refractivity contribution >= 4 is 17.3 Å². The molecule has 1 amide bonds. The van der Waals surface area contributed by atoms with Crippen molar-refractivity contribution in [2.24, 2.45) is 0 Å². The second kappa shape index (κ2) is 12.1.